The van der Waals surface area contributed by atoms with E-state index in [0.717, 1.165) is 42.8 Å². The monoisotopic (exact) mass is 517 g/mol. The molecule has 1 atom stereocenters. The molecule has 0 saturated heterocycles. The zero-order valence-electron chi connectivity index (χ0n) is 19.7. The number of halogens is 3. The molecule has 8 heteroatoms. The molecule has 2 aromatic carbocycles. The van der Waals surface area contributed by atoms with E-state index in [4.69, 9.17) is 34.8 Å². The van der Waals surface area contributed by atoms with E-state index in [1.54, 1.807) is 6.07 Å². The lowest BCUT2D eigenvalue weighted by atomic mass is 9.79. The zero-order chi connectivity index (χ0) is 24.3. The van der Waals surface area contributed by atoms with Crippen molar-refractivity contribution >= 4 is 46.6 Å². The van der Waals surface area contributed by atoms with E-state index in [2.05, 4.69) is 47.7 Å². The van der Waals surface area contributed by atoms with Crippen molar-refractivity contribution in [1.29, 1.82) is 0 Å². The van der Waals surface area contributed by atoms with Gasteiger partial charge in [0, 0.05) is 20.8 Å². The van der Waals surface area contributed by atoms with Crippen LogP contribution in [0.1, 0.15) is 70.3 Å². The van der Waals surface area contributed by atoms with Crippen LogP contribution in [0.4, 0.5) is 5.69 Å². The first kappa shape index (κ1) is 25.0. The number of hydrogen-bond acceptors (Lipinski definition) is 4. The number of benzene rings is 2. The second-order valence-corrected chi connectivity index (χ2v) is 11.3. The van der Waals surface area contributed by atoms with Crippen LogP contribution in [0.5, 0.6) is 0 Å². The van der Waals surface area contributed by atoms with Crippen LogP contribution in [0.3, 0.4) is 0 Å². The third kappa shape index (κ3) is 5.59. The largest absolute Gasteiger partial charge is 0.373 e. The molecular weight excluding hydrogens is 489 g/mol. The van der Waals surface area contributed by atoms with E-state index in [-0.39, 0.29) is 17.0 Å². The van der Waals surface area contributed by atoms with E-state index in [1.165, 1.54) is 6.42 Å². The van der Waals surface area contributed by atoms with Gasteiger partial charge in [-0.25, -0.2) is 4.68 Å². The molecule has 5 nitrogen and oxygen atoms in total. The molecule has 1 aliphatic rings. The SMILES string of the molecule is CC(C)(C)[C@@H](/C=C/c1ccc(Cl)cc1Cl)n1nnnc1C1(Nc2ccc(Cl)cc2)CCCCC1. The second-order valence-electron chi connectivity index (χ2n) is 10.1. The van der Waals surface area contributed by atoms with Crippen LogP contribution in [0.25, 0.3) is 6.08 Å². The fraction of sp³-hybridized carbons (Fsp3) is 0.423. The van der Waals surface area contributed by atoms with Gasteiger partial charge >= 0.3 is 0 Å². The van der Waals surface area contributed by atoms with E-state index >= 15 is 0 Å². The summed E-state index contributed by atoms with van der Waals surface area (Å²) >= 11 is 18.6. The lowest BCUT2D eigenvalue weighted by Crippen LogP contribution is -2.42. The molecule has 1 aromatic heterocycles. The third-order valence-corrected chi connectivity index (χ3v) is 7.24. The van der Waals surface area contributed by atoms with Gasteiger partial charge in [0.25, 0.3) is 0 Å². The summed E-state index contributed by atoms with van der Waals surface area (Å²) in [7, 11) is 0. The standard InChI is InChI=1S/C26H30Cl3N5/c1-25(2,3)23(14-8-18-7-9-20(28)17-22(18)29)34-24(31-32-33-34)26(15-5-4-6-16-26)30-21-12-10-19(27)11-13-21/h7-14,17,23,30H,4-6,15-16H2,1-3H3/b14-8+/t23-/m1/s1. The summed E-state index contributed by atoms with van der Waals surface area (Å²) in [6.07, 6.45) is 9.52. The summed E-state index contributed by atoms with van der Waals surface area (Å²) in [5.41, 5.74) is 1.42. The van der Waals surface area contributed by atoms with E-state index < -0.39 is 0 Å². The summed E-state index contributed by atoms with van der Waals surface area (Å²) in [6.45, 7) is 6.57. The van der Waals surface area contributed by atoms with Gasteiger partial charge in [-0.1, -0.05) is 93.1 Å². The fourth-order valence-electron chi connectivity index (χ4n) is 4.63. The topological polar surface area (TPSA) is 55.6 Å². The first-order valence-corrected chi connectivity index (χ1v) is 12.8. The Morgan fingerprint density at radius 1 is 0.971 bits per heavy atom. The number of rotatable bonds is 6. The molecule has 34 heavy (non-hydrogen) atoms. The molecule has 1 fully saturated rings. The smallest absolute Gasteiger partial charge is 0.177 e. The Bertz CT molecular complexity index is 1140. The Morgan fingerprint density at radius 3 is 2.29 bits per heavy atom. The number of tetrazole rings is 1. The number of hydrogen-bond donors (Lipinski definition) is 1. The lowest BCUT2D eigenvalue weighted by molar-refractivity contribution is 0.237. The van der Waals surface area contributed by atoms with Crippen molar-refractivity contribution in [2.45, 2.75) is 64.5 Å². The average molecular weight is 519 g/mol. The number of nitrogens with zero attached hydrogens (tertiary/aromatic N) is 4. The summed E-state index contributed by atoms with van der Waals surface area (Å²) in [6, 6.07) is 13.3. The van der Waals surface area contributed by atoms with Crippen molar-refractivity contribution in [3.05, 3.63) is 75.0 Å². The van der Waals surface area contributed by atoms with Crippen molar-refractivity contribution < 1.29 is 0 Å². The number of anilines is 1. The minimum absolute atomic E-state index is 0.0879. The fourth-order valence-corrected chi connectivity index (χ4v) is 5.23. The predicted molar refractivity (Wildman–Crippen MR) is 142 cm³/mol. The number of nitrogens with one attached hydrogen (secondary N) is 1. The molecule has 0 radical (unpaired) electrons. The summed E-state index contributed by atoms with van der Waals surface area (Å²) in [4.78, 5) is 0. The highest BCUT2D eigenvalue weighted by Gasteiger charge is 2.41. The van der Waals surface area contributed by atoms with E-state index in [1.807, 2.05) is 47.2 Å². The zero-order valence-corrected chi connectivity index (χ0v) is 22.0. The maximum absolute atomic E-state index is 6.43. The van der Waals surface area contributed by atoms with Crippen LogP contribution in [-0.2, 0) is 5.54 Å². The highest BCUT2D eigenvalue weighted by atomic mass is 35.5. The normalized spacial score (nSPS) is 17.1. The van der Waals surface area contributed by atoms with Crippen molar-refractivity contribution in [2.24, 2.45) is 5.41 Å². The van der Waals surface area contributed by atoms with Gasteiger partial charge in [-0.3, -0.25) is 0 Å². The molecule has 0 spiro atoms. The van der Waals surface area contributed by atoms with Crippen LogP contribution in [-0.4, -0.2) is 20.2 Å². The summed E-state index contributed by atoms with van der Waals surface area (Å²) in [5.74, 6) is 0.855. The molecule has 0 aliphatic heterocycles. The molecule has 0 unspecified atom stereocenters. The van der Waals surface area contributed by atoms with Gasteiger partial charge < -0.3 is 5.32 Å². The molecule has 1 heterocycles. The first-order valence-electron chi connectivity index (χ1n) is 11.6. The Balaban J connectivity index is 1.74. The first-order chi connectivity index (χ1) is 16.2. The predicted octanol–water partition coefficient (Wildman–Crippen LogP) is 8.21. The highest BCUT2D eigenvalue weighted by Crippen LogP contribution is 2.42. The Labute approximate surface area is 216 Å². The lowest BCUT2D eigenvalue weighted by Gasteiger charge is -2.39. The van der Waals surface area contributed by atoms with Crippen molar-refractivity contribution in [1.82, 2.24) is 20.2 Å². The van der Waals surface area contributed by atoms with Crippen LogP contribution >= 0.6 is 34.8 Å². The number of allylic oxidation sites excluding steroid dienone is 1. The van der Waals surface area contributed by atoms with Crippen molar-refractivity contribution in [3.8, 4) is 0 Å². The van der Waals surface area contributed by atoms with Crippen LogP contribution < -0.4 is 5.32 Å². The maximum atomic E-state index is 6.43. The Kier molecular flexibility index (Phi) is 7.56. The van der Waals surface area contributed by atoms with Gasteiger partial charge in [-0.2, -0.15) is 0 Å². The maximum Gasteiger partial charge on any atom is 0.177 e. The van der Waals surface area contributed by atoms with Crippen LogP contribution in [0.2, 0.25) is 15.1 Å². The van der Waals surface area contributed by atoms with Crippen LogP contribution in [0, 0.1) is 5.41 Å². The van der Waals surface area contributed by atoms with Gasteiger partial charge in [-0.05, 0) is 70.6 Å². The van der Waals surface area contributed by atoms with Crippen LogP contribution in [0.15, 0.2) is 48.5 Å². The quantitative estimate of drug-likeness (QED) is 0.357. The minimum atomic E-state index is -0.356. The van der Waals surface area contributed by atoms with E-state index in [9.17, 15) is 0 Å². The third-order valence-electron chi connectivity index (χ3n) is 6.43. The highest BCUT2D eigenvalue weighted by molar-refractivity contribution is 6.35. The van der Waals surface area contributed by atoms with Gasteiger partial charge in [0.05, 0.1) is 11.6 Å². The Morgan fingerprint density at radius 2 is 1.65 bits per heavy atom. The van der Waals surface area contributed by atoms with Gasteiger partial charge in [0.1, 0.15) is 0 Å². The molecule has 1 aliphatic carbocycles. The van der Waals surface area contributed by atoms with Crippen molar-refractivity contribution in [3.63, 3.8) is 0 Å². The van der Waals surface area contributed by atoms with Gasteiger partial charge in [0.2, 0.25) is 0 Å². The van der Waals surface area contributed by atoms with Gasteiger partial charge in [-0.15, -0.1) is 5.10 Å². The molecule has 1 saturated carbocycles. The molecule has 180 valence electrons. The van der Waals surface area contributed by atoms with Gasteiger partial charge in [0.15, 0.2) is 5.82 Å². The summed E-state index contributed by atoms with van der Waals surface area (Å²) in [5, 5.41) is 18.9. The molecule has 4 rings (SSSR count). The molecular formula is C26H30Cl3N5. The average Bonchev–Trinajstić information content (AvgIpc) is 3.27. The molecule has 0 bridgehead atoms. The Hall–Kier alpha value is -2.08. The minimum Gasteiger partial charge on any atom is -0.373 e. The molecule has 1 N–H and O–H groups in total. The van der Waals surface area contributed by atoms with Crippen molar-refractivity contribution in [2.75, 3.05) is 5.32 Å². The second kappa shape index (κ2) is 10.3. The molecule has 0 amide bonds. The summed E-state index contributed by atoms with van der Waals surface area (Å²) < 4.78 is 1.98. The molecule has 3 aromatic rings. The van der Waals surface area contributed by atoms with E-state index in [0.29, 0.717) is 15.1 Å². The number of aromatic nitrogens is 4.